The molecule has 0 aliphatic carbocycles. The summed E-state index contributed by atoms with van der Waals surface area (Å²) in [5, 5.41) is 46.5. The molecule has 0 saturated heterocycles. The highest BCUT2D eigenvalue weighted by atomic mass is 16.5. The summed E-state index contributed by atoms with van der Waals surface area (Å²) in [6.07, 6.45) is 15.0. The van der Waals surface area contributed by atoms with Gasteiger partial charge >= 0.3 is 23.9 Å². The monoisotopic (exact) mass is 931 g/mol. The van der Waals surface area contributed by atoms with Gasteiger partial charge in [-0.1, -0.05) is 71.1 Å². The van der Waals surface area contributed by atoms with Crippen molar-refractivity contribution in [3.63, 3.8) is 0 Å². The fraction of sp³-hybridized carbons (Fsp3) is 0.795. The minimum absolute atomic E-state index is 0.0128. The number of carboxylic acids is 4. The molecular formula is C44H78N6O15. The molecule has 3 atom stereocenters. The number of ether oxygens (including phenoxy) is 2. The van der Waals surface area contributed by atoms with E-state index < -0.39 is 72.7 Å². The van der Waals surface area contributed by atoms with Crippen molar-refractivity contribution in [2.75, 3.05) is 59.2 Å². The van der Waals surface area contributed by atoms with Gasteiger partial charge in [0.15, 0.2) is 0 Å². The van der Waals surface area contributed by atoms with Crippen LogP contribution in [0.4, 0.5) is 0 Å². The van der Waals surface area contributed by atoms with Gasteiger partial charge in [-0.15, -0.1) is 0 Å². The van der Waals surface area contributed by atoms with Gasteiger partial charge in [0.25, 0.3) is 0 Å². The first-order chi connectivity index (χ1) is 31.0. The van der Waals surface area contributed by atoms with Crippen molar-refractivity contribution >= 4 is 53.4 Å². The van der Waals surface area contributed by atoms with E-state index in [0.29, 0.717) is 32.4 Å². The summed E-state index contributed by atoms with van der Waals surface area (Å²) < 4.78 is 10.8. The summed E-state index contributed by atoms with van der Waals surface area (Å²) in [7, 11) is 0. The molecule has 0 rings (SSSR count). The smallest absolute Gasteiger partial charge is 0.317 e. The van der Waals surface area contributed by atoms with Gasteiger partial charge in [-0.05, 0) is 64.3 Å². The Balaban J connectivity index is 4.32. The third-order valence-corrected chi connectivity index (χ3v) is 10.4. The molecule has 0 unspecified atom stereocenters. The lowest BCUT2D eigenvalue weighted by atomic mass is 10.0. The Kier molecular flexibility index (Phi) is 36.5. The topological polar surface area (TPSA) is 330 Å². The van der Waals surface area contributed by atoms with Crippen molar-refractivity contribution in [2.45, 2.75) is 160 Å². The number of carbonyl (C=O) groups is 9. The lowest BCUT2D eigenvalue weighted by Gasteiger charge is -2.24. The largest absolute Gasteiger partial charge is 0.481 e. The van der Waals surface area contributed by atoms with Crippen LogP contribution in [-0.4, -0.2) is 150 Å². The highest BCUT2D eigenvalue weighted by Gasteiger charge is 2.27. The molecule has 65 heavy (non-hydrogen) atoms. The molecule has 0 bridgehead atoms. The predicted octanol–water partition coefficient (Wildman–Crippen LogP) is 2.57. The van der Waals surface area contributed by atoms with Crippen molar-refractivity contribution in [3.05, 3.63) is 0 Å². The van der Waals surface area contributed by atoms with Gasteiger partial charge in [0.05, 0.1) is 32.9 Å². The number of carboxylic acid groups (broad SMARTS) is 4. The first kappa shape index (κ1) is 60.1. The Morgan fingerprint density at radius 1 is 0.492 bits per heavy atom. The van der Waals surface area contributed by atoms with Gasteiger partial charge in [-0.2, -0.15) is 0 Å². The van der Waals surface area contributed by atoms with E-state index >= 15 is 0 Å². The molecule has 0 aromatic rings. The number of hydrogen-bond donors (Lipinski definition) is 9. The van der Waals surface area contributed by atoms with E-state index in [1.807, 2.05) is 0 Å². The molecular weight excluding hydrogens is 853 g/mol. The van der Waals surface area contributed by atoms with Crippen LogP contribution in [0.25, 0.3) is 0 Å². The van der Waals surface area contributed by atoms with Crippen molar-refractivity contribution in [1.82, 2.24) is 26.2 Å². The highest BCUT2D eigenvalue weighted by Crippen LogP contribution is 2.14. The van der Waals surface area contributed by atoms with E-state index in [1.54, 1.807) is 0 Å². The highest BCUT2D eigenvalue weighted by molar-refractivity contribution is 5.92. The molecule has 0 spiro atoms. The van der Waals surface area contributed by atoms with Gasteiger partial charge < -0.3 is 56.9 Å². The average Bonchev–Trinajstić information content (AvgIpc) is 3.23. The van der Waals surface area contributed by atoms with Crippen LogP contribution in [0.1, 0.15) is 148 Å². The van der Waals surface area contributed by atoms with Crippen molar-refractivity contribution in [3.8, 4) is 0 Å². The zero-order chi connectivity index (χ0) is 48.7. The number of carbonyl (C=O) groups excluding carboxylic acids is 5. The molecule has 21 heteroatoms. The molecule has 0 aliphatic rings. The second kappa shape index (κ2) is 39.5. The van der Waals surface area contributed by atoms with Crippen LogP contribution in [0.5, 0.6) is 0 Å². The maximum atomic E-state index is 13.3. The molecule has 5 amide bonds. The number of rotatable bonds is 45. The molecule has 0 aromatic carbocycles. The fourth-order valence-electron chi connectivity index (χ4n) is 6.71. The van der Waals surface area contributed by atoms with Crippen molar-refractivity contribution < 1.29 is 73.1 Å². The lowest BCUT2D eigenvalue weighted by molar-refractivity contribution is -0.142. The Hall–Kier alpha value is -4.89. The van der Waals surface area contributed by atoms with Gasteiger partial charge in [0, 0.05) is 38.3 Å². The molecule has 0 radical (unpaired) electrons. The first-order valence-corrected chi connectivity index (χ1v) is 23.2. The summed E-state index contributed by atoms with van der Waals surface area (Å²) in [4.78, 5) is 108. The van der Waals surface area contributed by atoms with E-state index in [-0.39, 0.29) is 89.7 Å². The minimum Gasteiger partial charge on any atom is -0.481 e. The van der Waals surface area contributed by atoms with Crippen LogP contribution >= 0.6 is 0 Å². The summed E-state index contributed by atoms with van der Waals surface area (Å²) >= 11 is 0. The standard InChI is InChI=1S/C44H78N6O15/c1-33(22-23-39(55)56)43(62)49-35(19-15-17-26-50(30-40(57)58)31-41(59)60)44(63)48-34(42(45)61)18-14-16-24-46-37(52)32-65-29-28-64-27-25-47-36(51)20-12-10-8-6-4-2-3-5-7-9-11-13-21-38(53)54/h33-35H,2-32H2,1H3,(H2,45,61)(H,46,52)(H,47,51)(H,48,63)(H,49,62)(H,53,54)(H,55,56)(H,57,58)(H,59,60)/t33-,34-,35-/m0/s1. The molecule has 0 aromatic heterocycles. The SMILES string of the molecule is C[C@@H](CCC(=O)O)C(=O)N[C@@H](CCCCN(CC(=O)O)CC(=O)O)C(=O)N[C@@H](CCCCNC(=O)COCCOCCNC(=O)CCCCCCCCCCCCCCC(=O)O)C(N)=O. The number of hydrogen-bond acceptors (Lipinski definition) is 12. The van der Waals surface area contributed by atoms with Crippen LogP contribution in [-0.2, 0) is 52.6 Å². The molecule has 10 N–H and O–H groups in total. The Labute approximate surface area is 383 Å². The fourth-order valence-corrected chi connectivity index (χ4v) is 6.71. The van der Waals surface area contributed by atoms with E-state index in [1.165, 1.54) is 50.3 Å². The Morgan fingerprint density at radius 2 is 0.985 bits per heavy atom. The molecule has 0 saturated carbocycles. The van der Waals surface area contributed by atoms with Gasteiger partial charge in [-0.3, -0.25) is 48.1 Å². The molecule has 374 valence electrons. The maximum absolute atomic E-state index is 13.3. The quantitative estimate of drug-likeness (QED) is 0.0396. The van der Waals surface area contributed by atoms with Gasteiger partial charge in [-0.25, -0.2) is 0 Å². The normalized spacial score (nSPS) is 12.5. The maximum Gasteiger partial charge on any atom is 0.317 e. The van der Waals surface area contributed by atoms with E-state index in [4.69, 9.17) is 35.6 Å². The molecule has 0 aliphatic heterocycles. The summed E-state index contributed by atoms with van der Waals surface area (Å²) in [6.45, 7) is 1.75. The average molecular weight is 931 g/mol. The van der Waals surface area contributed by atoms with Crippen LogP contribution in [0.3, 0.4) is 0 Å². The number of unbranched alkanes of at least 4 members (excludes halogenated alkanes) is 13. The summed E-state index contributed by atoms with van der Waals surface area (Å²) in [6, 6.07) is -2.26. The number of amides is 5. The third kappa shape index (κ3) is 38.1. The van der Waals surface area contributed by atoms with Crippen molar-refractivity contribution in [2.24, 2.45) is 11.7 Å². The Bertz CT molecular complexity index is 1400. The number of aliphatic carboxylic acids is 4. The Morgan fingerprint density at radius 3 is 1.54 bits per heavy atom. The summed E-state index contributed by atoms with van der Waals surface area (Å²) in [5.74, 6) is -7.46. The second-order valence-electron chi connectivity index (χ2n) is 16.3. The zero-order valence-electron chi connectivity index (χ0n) is 38.5. The van der Waals surface area contributed by atoms with E-state index in [9.17, 15) is 43.2 Å². The first-order valence-electron chi connectivity index (χ1n) is 23.2. The number of nitrogens with one attached hydrogen (secondary N) is 4. The molecule has 0 heterocycles. The molecule has 0 fully saturated rings. The number of nitrogens with two attached hydrogens (primary N) is 1. The summed E-state index contributed by atoms with van der Waals surface area (Å²) in [5.41, 5.74) is 5.56. The van der Waals surface area contributed by atoms with Crippen LogP contribution in [0.2, 0.25) is 0 Å². The van der Waals surface area contributed by atoms with Crippen LogP contribution in [0.15, 0.2) is 0 Å². The number of nitrogens with zero attached hydrogens (tertiary/aromatic N) is 1. The second-order valence-corrected chi connectivity index (χ2v) is 16.3. The van der Waals surface area contributed by atoms with E-state index in [2.05, 4.69) is 21.3 Å². The van der Waals surface area contributed by atoms with Crippen LogP contribution < -0.4 is 27.0 Å². The third-order valence-electron chi connectivity index (χ3n) is 10.4. The van der Waals surface area contributed by atoms with Gasteiger partial charge in [0.2, 0.25) is 29.5 Å². The van der Waals surface area contributed by atoms with Crippen molar-refractivity contribution in [1.29, 1.82) is 0 Å². The van der Waals surface area contributed by atoms with E-state index in [0.717, 1.165) is 38.5 Å². The predicted molar refractivity (Wildman–Crippen MR) is 238 cm³/mol. The molecule has 21 nitrogen and oxygen atoms in total. The van der Waals surface area contributed by atoms with Crippen LogP contribution in [0, 0.1) is 5.92 Å². The number of primary amides is 1. The zero-order valence-corrected chi connectivity index (χ0v) is 38.5. The minimum atomic E-state index is -1.21. The van der Waals surface area contributed by atoms with Gasteiger partial charge in [0.1, 0.15) is 18.7 Å². The lowest BCUT2D eigenvalue weighted by Crippen LogP contribution is -2.53.